The van der Waals surface area contributed by atoms with Gasteiger partial charge in [0, 0.05) is 12.8 Å². The molecule has 140 valence electrons. The van der Waals surface area contributed by atoms with Crippen molar-refractivity contribution in [3.05, 3.63) is 23.8 Å². The van der Waals surface area contributed by atoms with Crippen molar-refractivity contribution in [1.29, 1.82) is 0 Å². The predicted octanol–water partition coefficient (Wildman–Crippen LogP) is 2.02. The van der Waals surface area contributed by atoms with Gasteiger partial charge in [-0.1, -0.05) is 6.07 Å². The molecule has 5 heteroatoms. The number of ether oxygens (including phenoxy) is 3. The van der Waals surface area contributed by atoms with Gasteiger partial charge in [-0.3, -0.25) is 4.79 Å². The van der Waals surface area contributed by atoms with Crippen LogP contribution in [0.25, 0.3) is 0 Å². The highest BCUT2D eigenvalue weighted by atomic mass is 16.5. The first-order chi connectivity index (χ1) is 12.1. The number of benzene rings is 1. The number of nitrogens with one attached hydrogen (secondary N) is 1. The van der Waals surface area contributed by atoms with Crippen molar-refractivity contribution < 1.29 is 23.9 Å². The molecule has 1 heterocycles. The molecule has 0 bridgehead atoms. The number of unbranched alkanes of at least 4 members (excludes halogenated alkanes) is 1. The van der Waals surface area contributed by atoms with Gasteiger partial charge >= 0.3 is 5.97 Å². The lowest BCUT2D eigenvalue weighted by atomic mass is 9.97. The summed E-state index contributed by atoms with van der Waals surface area (Å²) in [5.41, 5.74) is 1.17. The van der Waals surface area contributed by atoms with E-state index in [-0.39, 0.29) is 11.9 Å². The van der Waals surface area contributed by atoms with Gasteiger partial charge in [0.25, 0.3) is 0 Å². The van der Waals surface area contributed by atoms with E-state index >= 15 is 0 Å². The maximum Gasteiger partial charge on any atom is 0.309 e. The molecule has 0 amide bonds. The fraction of sp³-hybridized carbons (Fsp3) is 0.650. The zero-order valence-electron chi connectivity index (χ0n) is 15.8. The highest BCUT2D eigenvalue weighted by molar-refractivity contribution is 5.72. The highest BCUT2D eigenvalue weighted by Crippen LogP contribution is 2.27. The van der Waals surface area contributed by atoms with E-state index in [1.54, 1.807) is 12.0 Å². The van der Waals surface area contributed by atoms with Crippen molar-refractivity contribution in [3.8, 4) is 11.5 Å². The minimum Gasteiger partial charge on any atom is -0.493 e. The number of hydrogen-bond donors (Lipinski definition) is 1. The Morgan fingerprint density at radius 1 is 1.20 bits per heavy atom. The summed E-state index contributed by atoms with van der Waals surface area (Å²) in [7, 11) is 1.67. The van der Waals surface area contributed by atoms with Gasteiger partial charge in [-0.2, -0.15) is 0 Å². The first-order valence-electron chi connectivity index (χ1n) is 9.41. The molecule has 1 aromatic carbocycles. The molecule has 0 saturated carbocycles. The second kappa shape index (κ2) is 10.3. The number of piperidine rings is 1. The molecule has 2 rings (SSSR count). The number of rotatable bonds is 9. The maximum absolute atomic E-state index is 11.8. The van der Waals surface area contributed by atoms with Crippen LogP contribution in [0.1, 0.15) is 38.2 Å². The summed E-state index contributed by atoms with van der Waals surface area (Å²) in [6, 6.07) is 6.00. The number of methoxy groups -OCH3 is 1. The van der Waals surface area contributed by atoms with Crippen LogP contribution in [0.15, 0.2) is 18.2 Å². The van der Waals surface area contributed by atoms with Crippen LogP contribution >= 0.6 is 0 Å². The number of quaternary nitrogens is 1. The van der Waals surface area contributed by atoms with Crippen molar-refractivity contribution in [2.45, 2.75) is 39.5 Å². The number of aryl methyl sites for hydroxylation is 1. The Hall–Kier alpha value is -1.75. The molecule has 0 aromatic heterocycles. The molecule has 0 unspecified atom stereocenters. The average Bonchev–Trinajstić information content (AvgIpc) is 2.63. The molecule has 0 spiro atoms. The molecule has 1 aromatic rings. The van der Waals surface area contributed by atoms with Crippen molar-refractivity contribution >= 4 is 5.97 Å². The molecule has 25 heavy (non-hydrogen) atoms. The molecule has 0 atom stereocenters. The number of likely N-dealkylation sites (tertiary alicyclic amines) is 1. The van der Waals surface area contributed by atoms with Crippen LogP contribution < -0.4 is 14.4 Å². The Labute approximate surface area is 151 Å². The van der Waals surface area contributed by atoms with Crippen LogP contribution in [-0.2, 0) is 9.53 Å². The van der Waals surface area contributed by atoms with Gasteiger partial charge in [0.05, 0.1) is 45.9 Å². The Kier molecular flexibility index (Phi) is 8.06. The fourth-order valence-corrected chi connectivity index (χ4v) is 3.33. The van der Waals surface area contributed by atoms with Crippen LogP contribution in [0, 0.1) is 12.8 Å². The minimum atomic E-state index is -0.0120. The molecule has 1 saturated heterocycles. The largest absolute Gasteiger partial charge is 0.493 e. The molecular weight excluding hydrogens is 318 g/mol. The summed E-state index contributed by atoms with van der Waals surface area (Å²) >= 11 is 0. The zero-order valence-corrected chi connectivity index (χ0v) is 15.8. The normalized spacial score (nSPS) is 20.1. The molecule has 1 aliphatic heterocycles. The van der Waals surface area contributed by atoms with Crippen LogP contribution in [-0.4, -0.2) is 45.9 Å². The Morgan fingerprint density at radius 2 is 1.96 bits per heavy atom. The molecule has 1 aliphatic rings. The van der Waals surface area contributed by atoms with Crippen LogP contribution in [0.2, 0.25) is 0 Å². The van der Waals surface area contributed by atoms with Gasteiger partial charge in [-0.05, 0) is 44.4 Å². The van der Waals surface area contributed by atoms with Gasteiger partial charge in [0.15, 0.2) is 11.5 Å². The second-order valence-corrected chi connectivity index (χ2v) is 6.74. The summed E-state index contributed by atoms with van der Waals surface area (Å²) < 4.78 is 16.3. The van der Waals surface area contributed by atoms with Gasteiger partial charge < -0.3 is 19.1 Å². The standard InChI is InChI=1S/C20H31NO4/c1-4-24-20(22)17-9-12-21(13-10-17)11-5-6-14-25-18-8-7-16(2)15-19(18)23-3/h7-8,15,17H,4-6,9-14H2,1-3H3/p+1. The summed E-state index contributed by atoms with van der Waals surface area (Å²) in [5, 5.41) is 0. The lowest BCUT2D eigenvalue weighted by Crippen LogP contribution is -3.13. The van der Waals surface area contributed by atoms with E-state index < -0.39 is 0 Å². The monoisotopic (exact) mass is 350 g/mol. The number of hydrogen-bond acceptors (Lipinski definition) is 4. The number of carbonyl (C=O) groups is 1. The average molecular weight is 350 g/mol. The highest BCUT2D eigenvalue weighted by Gasteiger charge is 2.27. The van der Waals surface area contributed by atoms with E-state index in [1.807, 2.05) is 32.0 Å². The SMILES string of the molecule is CCOC(=O)C1CC[NH+](CCCCOc2ccc(C)cc2OC)CC1. The molecular formula is C20H32NO4+. The smallest absolute Gasteiger partial charge is 0.309 e. The fourth-order valence-electron chi connectivity index (χ4n) is 3.33. The first kappa shape index (κ1) is 19.6. The van der Waals surface area contributed by atoms with E-state index in [2.05, 4.69) is 0 Å². The zero-order chi connectivity index (χ0) is 18.1. The predicted molar refractivity (Wildman–Crippen MR) is 97.4 cm³/mol. The van der Waals surface area contributed by atoms with E-state index in [1.165, 1.54) is 5.56 Å². The van der Waals surface area contributed by atoms with Crippen LogP contribution in [0.4, 0.5) is 0 Å². The van der Waals surface area contributed by atoms with Crippen molar-refractivity contribution in [2.24, 2.45) is 5.92 Å². The van der Waals surface area contributed by atoms with Crippen molar-refractivity contribution in [2.75, 3.05) is 40.0 Å². The molecule has 0 radical (unpaired) electrons. The maximum atomic E-state index is 11.8. The van der Waals surface area contributed by atoms with E-state index in [0.29, 0.717) is 13.2 Å². The van der Waals surface area contributed by atoms with E-state index in [0.717, 1.165) is 56.8 Å². The molecule has 5 nitrogen and oxygen atoms in total. The van der Waals surface area contributed by atoms with Crippen LogP contribution in [0.5, 0.6) is 11.5 Å². The van der Waals surface area contributed by atoms with Gasteiger partial charge in [-0.15, -0.1) is 0 Å². The Balaban J connectivity index is 1.60. The van der Waals surface area contributed by atoms with Crippen molar-refractivity contribution in [3.63, 3.8) is 0 Å². The second-order valence-electron chi connectivity index (χ2n) is 6.74. The third kappa shape index (κ3) is 6.24. The summed E-state index contributed by atoms with van der Waals surface area (Å²) in [4.78, 5) is 13.3. The van der Waals surface area contributed by atoms with Gasteiger partial charge in [0.2, 0.25) is 0 Å². The minimum absolute atomic E-state index is 0.0120. The van der Waals surface area contributed by atoms with Gasteiger partial charge in [-0.25, -0.2) is 0 Å². The topological polar surface area (TPSA) is 49.2 Å². The molecule has 1 N–H and O–H groups in total. The molecule has 1 fully saturated rings. The number of esters is 1. The summed E-state index contributed by atoms with van der Waals surface area (Å²) in [6.45, 7) is 8.37. The Bertz CT molecular complexity index is 538. The first-order valence-corrected chi connectivity index (χ1v) is 9.41. The van der Waals surface area contributed by atoms with Crippen LogP contribution in [0.3, 0.4) is 0 Å². The summed E-state index contributed by atoms with van der Waals surface area (Å²) in [5.74, 6) is 1.71. The Morgan fingerprint density at radius 3 is 2.64 bits per heavy atom. The lowest BCUT2D eigenvalue weighted by molar-refractivity contribution is -0.906. The third-order valence-electron chi connectivity index (χ3n) is 4.81. The summed E-state index contributed by atoms with van der Waals surface area (Å²) in [6.07, 6.45) is 4.06. The van der Waals surface area contributed by atoms with Gasteiger partial charge in [0.1, 0.15) is 0 Å². The number of carbonyl (C=O) groups excluding carboxylic acids is 1. The third-order valence-corrected chi connectivity index (χ3v) is 4.81. The lowest BCUT2D eigenvalue weighted by Gasteiger charge is -2.28. The van der Waals surface area contributed by atoms with E-state index in [9.17, 15) is 4.79 Å². The molecule has 0 aliphatic carbocycles. The quantitative estimate of drug-likeness (QED) is 0.547. The van der Waals surface area contributed by atoms with Crippen molar-refractivity contribution in [1.82, 2.24) is 0 Å². The van der Waals surface area contributed by atoms with E-state index in [4.69, 9.17) is 14.2 Å².